The van der Waals surface area contributed by atoms with Crippen molar-refractivity contribution in [1.29, 1.82) is 0 Å². The number of fused-ring (bicyclic) bond motifs is 3. The lowest BCUT2D eigenvalue weighted by molar-refractivity contribution is 0.100. The molecule has 0 saturated heterocycles. The van der Waals surface area contributed by atoms with Crippen LogP contribution in [0.5, 0.6) is 0 Å². The minimum atomic E-state index is -0.385. The number of nitrogens with two attached hydrogens (primary N) is 1. The Kier molecular flexibility index (Phi) is 3.77. The summed E-state index contributed by atoms with van der Waals surface area (Å²) in [6, 6.07) is 22.6. The summed E-state index contributed by atoms with van der Waals surface area (Å²) in [6.45, 7) is 2.91. The lowest BCUT2D eigenvalue weighted by atomic mass is 10.0. The summed E-state index contributed by atoms with van der Waals surface area (Å²) in [5.41, 5.74) is 10.9. The molecule has 0 saturated carbocycles. The smallest absolute Gasteiger partial charge is 0.249 e. The molecule has 0 aliphatic rings. The number of benzene rings is 3. The number of aromatic nitrogens is 1. The summed E-state index contributed by atoms with van der Waals surface area (Å²) in [4.78, 5) is 12.0. The fraction of sp³-hybridized carbons (Fsp3) is 0.136. The second kappa shape index (κ2) is 6.10. The number of carbonyl (C=O) groups is 1. The number of hydrogen-bond acceptors (Lipinski definition) is 1. The maximum absolute atomic E-state index is 12.0. The quantitative estimate of drug-likeness (QED) is 0.589. The van der Waals surface area contributed by atoms with E-state index in [2.05, 4.69) is 60.0 Å². The number of carbonyl (C=O) groups excluding carboxylic acids is 1. The Morgan fingerprint density at radius 2 is 1.72 bits per heavy atom. The van der Waals surface area contributed by atoms with Gasteiger partial charge in [-0.1, -0.05) is 55.5 Å². The summed E-state index contributed by atoms with van der Waals surface area (Å²) >= 11 is 0. The third-order valence-electron chi connectivity index (χ3n) is 4.81. The predicted molar refractivity (Wildman–Crippen MR) is 103 cm³/mol. The normalized spacial score (nSPS) is 11.2. The number of amides is 1. The van der Waals surface area contributed by atoms with Crippen LogP contribution < -0.4 is 5.73 Å². The number of aryl methyl sites for hydroxylation is 1. The van der Waals surface area contributed by atoms with Gasteiger partial charge in [0.15, 0.2) is 0 Å². The first-order valence-corrected chi connectivity index (χ1v) is 8.56. The van der Waals surface area contributed by atoms with Crippen molar-refractivity contribution in [2.24, 2.45) is 5.73 Å². The van der Waals surface area contributed by atoms with E-state index >= 15 is 0 Å². The zero-order valence-electron chi connectivity index (χ0n) is 14.2. The molecule has 3 aromatic carbocycles. The van der Waals surface area contributed by atoms with E-state index < -0.39 is 0 Å². The fourth-order valence-electron chi connectivity index (χ4n) is 3.55. The van der Waals surface area contributed by atoms with Crippen molar-refractivity contribution in [1.82, 2.24) is 4.57 Å². The van der Waals surface area contributed by atoms with Gasteiger partial charge < -0.3 is 10.3 Å². The Labute approximate surface area is 146 Å². The van der Waals surface area contributed by atoms with Crippen LogP contribution in [0.1, 0.15) is 28.4 Å². The van der Waals surface area contributed by atoms with Crippen LogP contribution in [0.4, 0.5) is 0 Å². The van der Waals surface area contributed by atoms with E-state index in [9.17, 15) is 4.79 Å². The molecule has 4 aromatic rings. The molecular formula is C22H20N2O. The lowest BCUT2D eigenvalue weighted by Crippen LogP contribution is -2.11. The molecule has 0 aliphatic heterocycles. The molecule has 0 spiro atoms. The van der Waals surface area contributed by atoms with Crippen LogP contribution in [0.3, 0.4) is 0 Å². The Morgan fingerprint density at radius 1 is 0.920 bits per heavy atom. The highest BCUT2D eigenvalue weighted by molar-refractivity contribution is 6.17. The van der Waals surface area contributed by atoms with E-state index in [0.29, 0.717) is 5.56 Å². The number of hydrogen-bond donors (Lipinski definition) is 1. The molecule has 3 nitrogen and oxygen atoms in total. The van der Waals surface area contributed by atoms with Gasteiger partial charge in [-0.15, -0.1) is 0 Å². The molecule has 0 unspecified atom stereocenters. The summed E-state index contributed by atoms with van der Waals surface area (Å²) in [7, 11) is 0. The maximum atomic E-state index is 12.0. The zero-order chi connectivity index (χ0) is 17.4. The van der Waals surface area contributed by atoms with Crippen molar-refractivity contribution in [2.45, 2.75) is 19.9 Å². The molecule has 4 rings (SSSR count). The van der Waals surface area contributed by atoms with Crippen LogP contribution in [0.15, 0.2) is 66.7 Å². The minimum Gasteiger partial charge on any atom is -0.366 e. The van der Waals surface area contributed by atoms with Gasteiger partial charge in [0.05, 0.1) is 5.52 Å². The fourth-order valence-corrected chi connectivity index (χ4v) is 3.55. The van der Waals surface area contributed by atoms with E-state index in [1.165, 1.54) is 11.1 Å². The Bertz CT molecular complexity index is 1080. The SMILES string of the molecule is CCc1ccc2c3c(C(N)=O)cccc3n(Cc3ccccc3)c2c1. The van der Waals surface area contributed by atoms with Crippen molar-refractivity contribution in [3.8, 4) is 0 Å². The van der Waals surface area contributed by atoms with Crippen LogP contribution in [-0.2, 0) is 13.0 Å². The van der Waals surface area contributed by atoms with E-state index in [1.807, 2.05) is 18.2 Å². The molecule has 0 bridgehead atoms. The first-order valence-electron chi connectivity index (χ1n) is 8.56. The molecule has 1 heterocycles. The van der Waals surface area contributed by atoms with E-state index in [1.54, 1.807) is 0 Å². The largest absolute Gasteiger partial charge is 0.366 e. The highest BCUT2D eigenvalue weighted by Crippen LogP contribution is 2.33. The molecule has 1 aromatic heterocycles. The number of nitrogens with zero attached hydrogens (tertiary/aromatic N) is 1. The van der Waals surface area contributed by atoms with E-state index in [-0.39, 0.29) is 5.91 Å². The second-order valence-electron chi connectivity index (χ2n) is 6.34. The molecule has 0 radical (unpaired) electrons. The molecule has 25 heavy (non-hydrogen) atoms. The van der Waals surface area contributed by atoms with Crippen molar-refractivity contribution < 1.29 is 4.79 Å². The van der Waals surface area contributed by atoms with Gasteiger partial charge in [0, 0.05) is 28.4 Å². The highest BCUT2D eigenvalue weighted by Gasteiger charge is 2.16. The Morgan fingerprint density at radius 3 is 2.44 bits per heavy atom. The topological polar surface area (TPSA) is 48.0 Å². The van der Waals surface area contributed by atoms with Crippen molar-refractivity contribution in [3.63, 3.8) is 0 Å². The number of rotatable bonds is 4. The van der Waals surface area contributed by atoms with Crippen LogP contribution in [0.2, 0.25) is 0 Å². The van der Waals surface area contributed by atoms with Gasteiger partial charge in [-0.3, -0.25) is 4.79 Å². The molecule has 3 heteroatoms. The summed E-state index contributed by atoms with van der Waals surface area (Å²) in [6.07, 6.45) is 0.978. The number of primary amides is 1. The first-order chi connectivity index (χ1) is 12.2. The summed E-state index contributed by atoms with van der Waals surface area (Å²) < 4.78 is 2.28. The van der Waals surface area contributed by atoms with Crippen molar-refractivity contribution >= 4 is 27.7 Å². The minimum absolute atomic E-state index is 0.385. The molecule has 124 valence electrons. The average molecular weight is 328 g/mol. The van der Waals surface area contributed by atoms with Crippen LogP contribution in [-0.4, -0.2) is 10.5 Å². The monoisotopic (exact) mass is 328 g/mol. The predicted octanol–water partition coefficient (Wildman–Crippen LogP) is 4.50. The molecule has 0 aliphatic carbocycles. The molecule has 1 amide bonds. The standard InChI is InChI=1S/C22H20N2O/c1-2-15-11-12-17-20(13-15)24(14-16-7-4-3-5-8-16)19-10-6-9-18(21(17)19)22(23)25/h3-13H,2,14H2,1H3,(H2,23,25). The van der Waals surface area contributed by atoms with Gasteiger partial charge in [-0.25, -0.2) is 0 Å². The second-order valence-corrected chi connectivity index (χ2v) is 6.34. The average Bonchev–Trinajstić information content (AvgIpc) is 2.95. The van der Waals surface area contributed by atoms with Crippen LogP contribution in [0, 0.1) is 0 Å². The third kappa shape index (κ3) is 2.58. The maximum Gasteiger partial charge on any atom is 0.249 e. The van der Waals surface area contributed by atoms with Crippen LogP contribution >= 0.6 is 0 Å². The summed E-state index contributed by atoms with van der Waals surface area (Å²) in [5.74, 6) is -0.385. The molecule has 0 atom stereocenters. The van der Waals surface area contributed by atoms with Crippen LogP contribution in [0.25, 0.3) is 21.8 Å². The van der Waals surface area contributed by atoms with Gasteiger partial charge in [-0.05, 0) is 35.7 Å². The van der Waals surface area contributed by atoms with Crippen molar-refractivity contribution in [2.75, 3.05) is 0 Å². The lowest BCUT2D eigenvalue weighted by Gasteiger charge is -2.08. The highest BCUT2D eigenvalue weighted by atomic mass is 16.1. The Balaban J connectivity index is 2.07. The third-order valence-corrected chi connectivity index (χ3v) is 4.81. The molecular weight excluding hydrogens is 308 g/mol. The van der Waals surface area contributed by atoms with Gasteiger partial charge in [-0.2, -0.15) is 0 Å². The van der Waals surface area contributed by atoms with Crippen molar-refractivity contribution in [3.05, 3.63) is 83.4 Å². The zero-order valence-corrected chi connectivity index (χ0v) is 14.2. The van der Waals surface area contributed by atoms with Gasteiger partial charge in [0.25, 0.3) is 0 Å². The van der Waals surface area contributed by atoms with Gasteiger partial charge in [0.1, 0.15) is 0 Å². The molecule has 0 fully saturated rings. The van der Waals surface area contributed by atoms with Gasteiger partial charge in [0.2, 0.25) is 5.91 Å². The molecule has 2 N–H and O–H groups in total. The van der Waals surface area contributed by atoms with E-state index in [0.717, 1.165) is 34.8 Å². The van der Waals surface area contributed by atoms with E-state index in [4.69, 9.17) is 5.73 Å². The van der Waals surface area contributed by atoms with Gasteiger partial charge >= 0.3 is 0 Å². The summed E-state index contributed by atoms with van der Waals surface area (Å²) in [5, 5.41) is 2.03. The first kappa shape index (κ1) is 15.5. The Hall–Kier alpha value is -3.07.